The smallest absolute Gasteiger partial charge is 0.223 e. The number of rotatable bonds is 6. The molecular weight excluding hydrogens is 288 g/mol. The lowest BCUT2D eigenvalue weighted by molar-refractivity contribution is -0.123. The molecule has 116 valence electrons. The van der Waals surface area contributed by atoms with Crippen molar-refractivity contribution >= 4 is 17.5 Å². The summed E-state index contributed by atoms with van der Waals surface area (Å²) < 4.78 is 0. The highest BCUT2D eigenvalue weighted by Gasteiger charge is 2.14. The van der Waals surface area contributed by atoms with Crippen LogP contribution in [0.3, 0.4) is 0 Å². The van der Waals surface area contributed by atoms with Crippen LogP contribution in [-0.2, 0) is 4.79 Å². The summed E-state index contributed by atoms with van der Waals surface area (Å²) >= 11 is 5.80. The van der Waals surface area contributed by atoms with Gasteiger partial charge in [0.2, 0.25) is 5.91 Å². The standard InChI is InChI=1S/C16H23ClN2O2/c17-14-6-4-13(5-7-14)15(20)12-16(21)18-8-11-19-9-2-1-3-10-19/h4-7,15,20H,1-3,8-12H2,(H,18,21). The van der Waals surface area contributed by atoms with E-state index in [2.05, 4.69) is 10.2 Å². The highest BCUT2D eigenvalue weighted by atomic mass is 35.5. The SMILES string of the molecule is O=C(CC(O)c1ccc(Cl)cc1)NCCN1CCCCC1. The molecule has 2 N–H and O–H groups in total. The van der Waals surface area contributed by atoms with Crippen molar-refractivity contribution in [1.82, 2.24) is 10.2 Å². The summed E-state index contributed by atoms with van der Waals surface area (Å²) in [5, 5.41) is 13.5. The number of halogens is 1. The van der Waals surface area contributed by atoms with Gasteiger partial charge < -0.3 is 15.3 Å². The van der Waals surface area contributed by atoms with Crippen molar-refractivity contribution in [3.63, 3.8) is 0 Å². The van der Waals surface area contributed by atoms with Gasteiger partial charge in [-0.1, -0.05) is 30.2 Å². The van der Waals surface area contributed by atoms with E-state index in [1.54, 1.807) is 24.3 Å². The van der Waals surface area contributed by atoms with E-state index in [1.165, 1.54) is 19.3 Å². The number of nitrogens with one attached hydrogen (secondary N) is 1. The zero-order valence-corrected chi connectivity index (χ0v) is 13.0. The molecule has 0 aliphatic carbocycles. The monoisotopic (exact) mass is 310 g/mol. The highest BCUT2D eigenvalue weighted by molar-refractivity contribution is 6.30. The number of amides is 1. The summed E-state index contributed by atoms with van der Waals surface area (Å²) in [7, 11) is 0. The van der Waals surface area contributed by atoms with Crippen LogP contribution in [0.5, 0.6) is 0 Å². The quantitative estimate of drug-likeness (QED) is 0.848. The summed E-state index contributed by atoms with van der Waals surface area (Å²) in [4.78, 5) is 14.2. The van der Waals surface area contributed by atoms with Gasteiger partial charge in [-0.2, -0.15) is 0 Å². The van der Waals surface area contributed by atoms with Gasteiger partial charge >= 0.3 is 0 Å². The van der Waals surface area contributed by atoms with E-state index in [0.29, 0.717) is 17.1 Å². The number of carbonyl (C=O) groups is 1. The van der Waals surface area contributed by atoms with Crippen LogP contribution in [0.15, 0.2) is 24.3 Å². The summed E-state index contributed by atoms with van der Waals surface area (Å²) in [5.41, 5.74) is 0.714. The number of nitrogens with zero attached hydrogens (tertiary/aromatic N) is 1. The second kappa shape index (κ2) is 8.37. The molecule has 4 nitrogen and oxygen atoms in total. The fourth-order valence-corrected chi connectivity index (χ4v) is 2.71. The average molecular weight is 311 g/mol. The molecule has 1 heterocycles. The number of piperidine rings is 1. The van der Waals surface area contributed by atoms with Crippen molar-refractivity contribution in [3.05, 3.63) is 34.9 Å². The van der Waals surface area contributed by atoms with Crippen molar-refractivity contribution in [2.45, 2.75) is 31.8 Å². The van der Waals surface area contributed by atoms with Crippen molar-refractivity contribution < 1.29 is 9.90 Å². The first kappa shape index (κ1) is 16.3. The van der Waals surface area contributed by atoms with Crippen molar-refractivity contribution in [2.75, 3.05) is 26.2 Å². The molecule has 1 fully saturated rings. The molecule has 0 saturated carbocycles. The Labute approximate surface area is 131 Å². The number of aliphatic hydroxyl groups is 1. The van der Waals surface area contributed by atoms with E-state index >= 15 is 0 Å². The van der Waals surface area contributed by atoms with E-state index < -0.39 is 6.10 Å². The van der Waals surface area contributed by atoms with Gasteiger partial charge in [-0.05, 0) is 43.6 Å². The Hall–Kier alpha value is -1.10. The number of aliphatic hydroxyl groups excluding tert-OH is 1. The van der Waals surface area contributed by atoms with Crippen LogP contribution in [0.4, 0.5) is 0 Å². The molecule has 1 aromatic rings. The van der Waals surface area contributed by atoms with Crippen LogP contribution in [-0.4, -0.2) is 42.1 Å². The molecule has 1 unspecified atom stereocenters. The Morgan fingerprint density at radius 2 is 1.90 bits per heavy atom. The Balaban J connectivity index is 1.67. The van der Waals surface area contributed by atoms with Crippen LogP contribution in [0.1, 0.15) is 37.4 Å². The van der Waals surface area contributed by atoms with Crippen LogP contribution in [0.2, 0.25) is 5.02 Å². The van der Waals surface area contributed by atoms with Crippen molar-refractivity contribution in [3.8, 4) is 0 Å². The molecule has 0 bridgehead atoms. The largest absolute Gasteiger partial charge is 0.388 e. The van der Waals surface area contributed by atoms with Gasteiger partial charge in [0, 0.05) is 18.1 Å². The summed E-state index contributed by atoms with van der Waals surface area (Å²) in [6.07, 6.45) is 3.13. The van der Waals surface area contributed by atoms with Crippen LogP contribution >= 0.6 is 11.6 Å². The second-order valence-corrected chi connectivity index (χ2v) is 5.96. The number of benzene rings is 1. The van der Waals surface area contributed by atoms with Gasteiger partial charge in [0.05, 0.1) is 12.5 Å². The number of carbonyl (C=O) groups excluding carboxylic acids is 1. The lowest BCUT2D eigenvalue weighted by Crippen LogP contribution is -2.37. The maximum absolute atomic E-state index is 11.8. The molecule has 1 aromatic carbocycles. The van der Waals surface area contributed by atoms with Crippen LogP contribution < -0.4 is 5.32 Å². The summed E-state index contributed by atoms with van der Waals surface area (Å²) in [5.74, 6) is -0.116. The minimum Gasteiger partial charge on any atom is -0.388 e. The molecule has 5 heteroatoms. The van der Waals surface area contributed by atoms with E-state index in [1.807, 2.05) is 0 Å². The zero-order valence-electron chi connectivity index (χ0n) is 12.2. The zero-order chi connectivity index (χ0) is 15.1. The molecule has 1 aliphatic heterocycles. The third-order valence-electron chi connectivity index (χ3n) is 3.83. The Morgan fingerprint density at radius 1 is 1.24 bits per heavy atom. The third kappa shape index (κ3) is 5.65. The Morgan fingerprint density at radius 3 is 2.57 bits per heavy atom. The summed E-state index contributed by atoms with van der Waals surface area (Å²) in [6, 6.07) is 6.92. The van der Waals surface area contributed by atoms with Gasteiger partial charge in [-0.3, -0.25) is 4.79 Å². The molecule has 2 rings (SSSR count). The van der Waals surface area contributed by atoms with Gasteiger partial charge in [-0.15, -0.1) is 0 Å². The molecule has 0 spiro atoms. The molecule has 1 saturated heterocycles. The number of hydrogen-bond donors (Lipinski definition) is 2. The first-order chi connectivity index (χ1) is 10.1. The maximum Gasteiger partial charge on any atom is 0.223 e. The third-order valence-corrected chi connectivity index (χ3v) is 4.08. The van der Waals surface area contributed by atoms with Crippen LogP contribution in [0, 0.1) is 0 Å². The van der Waals surface area contributed by atoms with Gasteiger partial charge in [-0.25, -0.2) is 0 Å². The Bertz CT molecular complexity index is 444. The topological polar surface area (TPSA) is 52.6 Å². The lowest BCUT2D eigenvalue weighted by atomic mass is 10.1. The van der Waals surface area contributed by atoms with E-state index in [-0.39, 0.29) is 12.3 Å². The fourth-order valence-electron chi connectivity index (χ4n) is 2.59. The minimum absolute atomic E-state index is 0.0850. The van der Waals surface area contributed by atoms with Crippen molar-refractivity contribution in [1.29, 1.82) is 0 Å². The molecule has 21 heavy (non-hydrogen) atoms. The normalized spacial score (nSPS) is 17.4. The number of likely N-dealkylation sites (tertiary alicyclic amines) is 1. The minimum atomic E-state index is -0.780. The summed E-state index contributed by atoms with van der Waals surface area (Å²) in [6.45, 7) is 3.79. The molecule has 1 aliphatic rings. The van der Waals surface area contributed by atoms with E-state index in [4.69, 9.17) is 11.6 Å². The predicted octanol–water partition coefficient (Wildman–Crippen LogP) is 2.37. The second-order valence-electron chi connectivity index (χ2n) is 5.52. The fraction of sp³-hybridized carbons (Fsp3) is 0.562. The number of hydrogen-bond acceptors (Lipinski definition) is 3. The van der Waals surface area contributed by atoms with Gasteiger partial charge in [0.25, 0.3) is 0 Å². The van der Waals surface area contributed by atoms with E-state index in [9.17, 15) is 9.90 Å². The first-order valence-corrected chi connectivity index (χ1v) is 7.95. The Kier molecular flexibility index (Phi) is 6.49. The molecule has 1 atom stereocenters. The van der Waals surface area contributed by atoms with Crippen LogP contribution in [0.25, 0.3) is 0 Å². The highest BCUT2D eigenvalue weighted by Crippen LogP contribution is 2.18. The molecule has 0 aromatic heterocycles. The maximum atomic E-state index is 11.8. The van der Waals surface area contributed by atoms with Gasteiger partial charge in [0.1, 0.15) is 0 Å². The first-order valence-electron chi connectivity index (χ1n) is 7.58. The lowest BCUT2D eigenvalue weighted by Gasteiger charge is -2.26. The molecule has 0 radical (unpaired) electrons. The molecule has 1 amide bonds. The van der Waals surface area contributed by atoms with Gasteiger partial charge in [0.15, 0.2) is 0 Å². The molecular formula is C16H23ClN2O2. The average Bonchev–Trinajstić information content (AvgIpc) is 2.49. The predicted molar refractivity (Wildman–Crippen MR) is 84.3 cm³/mol. The van der Waals surface area contributed by atoms with E-state index in [0.717, 1.165) is 19.6 Å². The van der Waals surface area contributed by atoms with Crippen molar-refractivity contribution in [2.24, 2.45) is 0 Å².